The fourth-order valence-electron chi connectivity index (χ4n) is 1.64. The molecule has 1 rings (SSSR count). The number of hydrogen-bond acceptors (Lipinski definition) is 7. The maximum atomic E-state index is 13.7. The zero-order valence-corrected chi connectivity index (χ0v) is 14.2. The fourth-order valence-corrected chi connectivity index (χ4v) is 2.65. The average molecular weight is 356 g/mol. The van der Waals surface area contributed by atoms with Gasteiger partial charge < -0.3 is 23.2 Å². The molecule has 0 aliphatic heterocycles. The van der Waals surface area contributed by atoms with E-state index in [9.17, 15) is 18.6 Å². The first-order chi connectivity index (χ1) is 10.4. The highest BCUT2D eigenvalue weighted by Gasteiger charge is 2.31. The normalized spacial score (nSPS) is 16.9. The van der Waals surface area contributed by atoms with Crippen molar-refractivity contribution in [1.82, 2.24) is 0 Å². The van der Waals surface area contributed by atoms with E-state index >= 15 is 0 Å². The van der Waals surface area contributed by atoms with E-state index in [4.69, 9.17) is 9.05 Å². The molecule has 1 aromatic rings. The molecule has 0 heterocycles. The first-order valence-corrected chi connectivity index (χ1v) is 8.72. The Morgan fingerprint density at radius 1 is 1.09 bits per heavy atom. The van der Waals surface area contributed by atoms with Crippen LogP contribution in [0.25, 0.3) is 0 Å². The van der Waals surface area contributed by atoms with Gasteiger partial charge in [0.25, 0.3) is 0 Å². The van der Waals surface area contributed by atoms with Crippen molar-refractivity contribution in [2.24, 2.45) is 0 Å². The van der Waals surface area contributed by atoms with Crippen LogP contribution in [-0.2, 0) is 33.6 Å². The molecule has 22 heavy (non-hydrogen) atoms. The SMILES string of the molecule is CO[PH](=O)OCC(O)(CO[PH](=O)OC)Cc1ccccc1F. The fraction of sp³-hybridized carbons (Fsp3) is 0.500. The summed E-state index contributed by atoms with van der Waals surface area (Å²) in [6, 6.07) is 5.85. The van der Waals surface area contributed by atoms with Gasteiger partial charge in [0.15, 0.2) is 0 Å². The standard InChI is InChI=1S/C12H19FO7P2/c1-17-21(15)19-8-12(14,9-20-22(16)18-2)7-10-5-3-4-6-11(10)13/h3-6,14,21-22H,7-9H2,1-2H3. The topological polar surface area (TPSA) is 91.3 Å². The second kappa shape index (κ2) is 9.53. The Morgan fingerprint density at radius 2 is 1.59 bits per heavy atom. The van der Waals surface area contributed by atoms with E-state index in [1.54, 1.807) is 6.07 Å². The Balaban J connectivity index is 2.82. The predicted molar refractivity (Wildman–Crippen MR) is 79.0 cm³/mol. The summed E-state index contributed by atoms with van der Waals surface area (Å²) in [5.41, 5.74) is -1.52. The molecular weight excluding hydrogens is 337 g/mol. The van der Waals surface area contributed by atoms with Crippen LogP contribution in [0.15, 0.2) is 24.3 Å². The maximum absolute atomic E-state index is 13.7. The highest BCUT2D eigenvalue weighted by Crippen LogP contribution is 2.29. The number of halogens is 1. The first kappa shape index (κ1) is 19.5. The molecule has 0 saturated heterocycles. The van der Waals surface area contributed by atoms with Crippen molar-refractivity contribution < 1.29 is 36.7 Å². The molecular formula is C12H19FO7P2. The summed E-state index contributed by atoms with van der Waals surface area (Å²) in [7, 11) is -3.15. The molecule has 2 unspecified atom stereocenters. The van der Waals surface area contributed by atoms with Crippen molar-refractivity contribution >= 4 is 16.5 Å². The molecule has 0 aromatic heterocycles. The van der Waals surface area contributed by atoms with E-state index < -0.39 is 41.1 Å². The van der Waals surface area contributed by atoms with Crippen LogP contribution >= 0.6 is 16.5 Å². The number of aliphatic hydroxyl groups is 1. The van der Waals surface area contributed by atoms with Crippen LogP contribution in [0, 0.1) is 5.82 Å². The third-order valence-corrected chi connectivity index (χ3v) is 4.15. The van der Waals surface area contributed by atoms with Gasteiger partial charge in [0.05, 0.1) is 13.2 Å². The van der Waals surface area contributed by atoms with Gasteiger partial charge in [-0.25, -0.2) is 4.39 Å². The molecule has 2 atom stereocenters. The van der Waals surface area contributed by atoms with Crippen LogP contribution < -0.4 is 0 Å². The van der Waals surface area contributed by atoms with Gasteiger partial charge in [-0.1, -0.05) is 18.2 Å². The minimum absolute atomic E-state index is 0.183. The predicted octanol–water partition coefficient (Wildman–Crippen LogP) is 2.20. The number of hydrogen-bond donors (Lipinski definition) is 1. The van der Waals surface area contributed by atoms with Crippen LogP contribution in [0.3, 0.4) is 0 Å². The van der Waals surface area contributed by atoms with Crippen molar-refractivity contribution in [2.45, 2.75) is 12.0 Å². The molecule has 0 fully saturated rings. The van der Waals surface area contributed by atoms with Crippen LogP contribution in [0.1, 0.15) is 5.56 Å². The summed E-state index contributed by atoms with van der Waals surface area (Å²) in [4.78, 5) is 0. The van der Waals surface area contributed by atoms with Gasteiger partial charge in [0.2, 0.25) is 0 Å². The summed E-state index contributed by atoms with van der Waals surface area (Å²) in [6.07, 6.45) is -0.183. The van der Waals surface area contributed by atoms with E-state index in [1.807, 2.05) is 0 Å². The van der Waals surface area contributed by atoms with Gasteiger partial charge in [-0.2, -0.15) is 0 Å². The third kappa shape index (κ3) is 6.67. The van der Waals surface area contributed by atoms with Gasteiger partial charge in [-0.3, -0.25) is 9.13 Å². The molecule has 0 aliphatic carbocycles. The quantitative estimate of drug-likeness (QED) is 0.643. The summed E-state index contributed by atoms with van der Waals surface area (Å²) in [5.74, 6) is -0.514. The highest BCUT2D eigenvalue weighted by molar-refractivity contribution is 7.33. The van der Waals surface area contributed by atoms with Crippen LogP contribution in [0.2, 0.25) is 0 Å². The molecule has 1 aromatic carbocycles. The Hall–Kier alpha value is -0.590. The molecule has 0 spiro atoms. The molecule has 1 N–H and O–H groups in total. The second-order valence-corrected chi connectivity index (χ2v) is 6.87. The lowest BCUT2D eigenvalue weighted by Crippen LogP contribution is -2.41. The zero-order chi connectivity index (χ0) is 16.6. The summed E-state index contributed by atoms with van der Waals surface area (Å²) in [6.45, 7) is -0.877. The second-order valence-electron chi connectivity index (χ2n) is 4.48. The summed E-state index contributed by atoms with van der Waals surface area (Å²) >= 11 is 0. The Bertz CT molecular complexity index is 506. The van der Waals surface area contributed by atoms with Gasteiger partial charge in [0, 0.05) is 20.6 Å². The number of rotatable bonds is 10. The van der Waals surface area contributed by atoms with Crippen molar-refractivity contribution in [3.05, 3.63) is 35.6 Å². The largest absolute Gasteiger partial charge is 0.385 e. The molecule has 0 radical (unpaired) electrons. The van der Waals surface area contributed by atoms with E-state index in [0.29, 0.717) is 0 Å². The third-order valence-electron chi connectivity index (χ3n) is 2.73. The zero-order valence-electron chi connectivity index (χ0n) is 12.2. The van der Waals surface area contributed by atoms with E-state index in [-0.39, 0.29) is 12.0 Å². The van der Waals surface area contributed by atoms with Gasteiger partial charge in [-0.05, 0) is 11.6 Å². The Morgan fingerprint density at radius 3 is 2.05 bits per heavy atom. The highest BCUT2D eigenvalue weighted by atomic mass is 31.1. The van der Waals surface area contributed by atoms with E-state index in [1.165, 1.54) is 32.4 Å². The Kier molecular flexibility index (Phi) is 8.43. The first-order valence-electron chi connectivity index (χ1n) is 6.27. The molecule has 126 valence electrons. The molecule has 0 saturated carbocycles. The van der Waals surface area contributed by atoms with Crippen molar-refractivity contribution in [3.8, 4) is 0 Å². The molecule has 0 amide bonds. The summed E-state index contributed by atoms with van der Waals surface area (Å²) < 4.78 is 54.8. The van der Waals surface area contributed by atoms with Gasteiger partial charge >= 0.3 is 16.5 Å². The van der Waals surface area contributed by atoms with Crippen LogP contribution in [0.4, 0.5) is 4.39 Å². The lowest BCUT2D eigenvalue weighted by molar-refractivity contribution is -0.0417. The van der Waals surface area contributed by atoms with Gasteiger partial charge in [-0.15, -0.1) is 0 Å². The van der Waals surface area contributed by atoms with Crippen LogP contribution in [-0.4, -0.2) is 38.1 Å². The number of benzene rings is 1. The summed E-state index contributed by atoms with van der Waals surface area (Å²) in [5, 5.41) is 10.5. The van der Waals surface area contributed by atoms with Gasteiger partial charge in [0.1, 0.15) is 11.4 Å². The molecule has 10 heteroatoms. The minimum atomic E-state index is -2.77. The lowest BCUT2D eigenvalue weighted by atomic mass is 9.96. The van der Waals surface area contributed by atoms with Crippen molar-refractivity contribution in [1.29, 1.82) is 0 Å². The molecule has 0 aliphatic rings. The lowest BCUT2D eigenvalue weighted by Gasteiger charge is -2.27. The smallest absolute Gasteiger partial charge is 0.318 e. The monoisotopic (exact) mass is 356 g/mol. The van der Waals surface area contributed by atoms with Crippen molar-refractivity contribution in [3.63, 3.8) is 0 Å². The maximum Gasteiger partial charge on any atom is 0.318 e. The van der Waals surface area contributed by atoms with Crippen LogP contribution in [0.5, 0.6) is 0 Å². The Labute approximate surface area is 129 Å². The average Bonchev–Trinajstić information content (AvgIpc) is 2.52. The minimum Gasteiger partial charge on any atom is -0.385 e. The van der Waals surface area contributed by atoms with E-state index in [2.05, 4.69) is 9.05 Å². The molecule has 7 nitrogen and oxygen atoms in total. The van der Waals surface area contributed by atoms with Crippen molar-refractivity contribution in [2.75, 3.05) is 27.4 Å². The molecule has 0 bridgehead atoms. The van der Waals surface area contributed by atoms with E-state index in [0.717, 1.165) is 0 Å².